The van der Waals surface area contributed by atoms with E-state index in [1.54, 1.807) is 6.08 Å². The van der Waals surface area contributed by atoms with Gasteiger partial charge >= 0.3 is 0 Å². The summed E-state index contributed by atoms with van der Waals surface area (Å²) in [6.07, 6.45) is 5.72. The molecule has 4 nitrogen and oxygen atoms in total. The Labute approximate surface area is 145 Å². The normalized spacial score (nSPS) is 34.7. The van der Waals surface area contributed by atoms with E-state index in [0.29, 0.717) is 43.3 Å². The van der Waals surface area contributed by atoms with Crippen molar-refractivity contribution < 1.29 is 19.7 Å². The van der Waals surface area contributed by atoms with E-state index in [2.05, 4.69) is 20.8 Å². The van der Waals surface area contributed by atoms with Gasteiger partial charge in [-0.3, -0.25) is 14.8 Å². The molecule has 0 saturated heterocycles. The van der Waals surface area contributed by atoms with Crippen molar-refractivity contribution in [2.45, 2.75) is 78.7 Å². The lowest BCUT2D eigenvalue weighted by atomic mass is 9.53. The van der Waals surface area contributed by atoms with E-state index in [1.165, 1.54) is 0 Å². The zero-order valence-electron chi connectivity index (χ0n) is 15.7. The van der Waals surface area contributed by atoms with Gasteiger partial charge in [-0.15, -0.1) is 0 Å². The summed E-state index contributed by atoms with van der Waals surface area (Å²) < 4.78 is 0. The van der Waals surface area contributed by atoms with Crippen LogP contribution in [0.15, 0.2) is 11.6 Å². The summed E-state index contributed by atoms with van der Waals surface area (Å²) in [6, 6.07) is 0. The Morgan fingerprint density at radius 2 is 2.04 bits per heavy atom. The van der Waals surface area contributed by atoms with Crippen LogP contribution in [0, 0.1) is 23.2 Å². The van der Waals surface area contributed by atoms with E-state index in [4.69, 9.17) is 4.89 Å². The first-order valence-electron chi connectivity index (χ1n) is 9.19. The average Bonchev–Trinajstić information content (AvgIpc) is 2.45. The van der Waals surface area contributed by atoms with E-state index < -0.39 is 5.60 Å². The molecule has 1 fully saturated rings. The van der Waals surface area contributed by atoms with E-state index in [9.17, 15) is 14.8 Å². The number of rotatable bonds is 6. The molecular weight excluding hydrogens is 304 g/mol. The minimum absolute atomic E-state index is 0.112. The second-order valence-corrected chi connectivity index (χ2v) is 8.77. The minimum atomic E-state index is -0.792. The molecule has 0 aliphatic heterocycles. The Bertz CT molecular complexity index is 536. The zero-order chi connectivity index (χ0) is 18.1. The van der Waals surface area contributed by atoms with Gasteiger partial charge in [-0.2, -0.15) is 0 Å². The highest BCUT2D eigenvalue weighted by Crippen LogP contribution is 2.57. The smallest absolute Gasteiger partial charge is 0.156 e. The van der Waals surface area contributed by atoms with Crippen LogP contribution in [0.4, 0.5) is 0 Å². The molecule has 4 heteroatoms. The number of fused-ring (bicyclic) bond motifs is 1. The molecule has 1 saturated carbocycles. The summed E-state index contributed by atoms with van der Waals surface area (Å²) in [7, 11) is 0. The lowest BCUT2D eigenvalue weighted by molar-refractivity contribution is -0.352. The maximum Gasteiger partial charge on any atom is 0.156 e. The van der Waals surface area contributed by atoms with Crippen molar-refractivity contribution in [2.24, 2.45) is 23.2 Å². The summed E-state index contributed by atoms with van der Waals surface area (Å²) in [4.78, 5) is 29.3. The molecule has 0 bridgehead atoms. The van der Waals surface area contributed by atoms with Crippen LogP contribution < -0.4 is 0 Å². The maximum atomic E-state index is 12.2. The van der Waals surface area contributed by atoms with E-state index >= 15 is 0 Å². The van der Waals surface area contributed by atoms with Gasteiger partial charge in [-0.1, -0.05) is 27.7 Å². The molecule has 0 aromatic carbocycles. The van der Waals surface area contributed by atoms with Crippen LogP contribution in [-0.2, 0) is 14.5 Å². The van der Waals surface area contributed by atoms with Crippen molar-refractivity contribution in [3.05, 3.63) is 11.6 Å². The molecule has 0 spiro atoms. The van der Waals surface area contributed by atoms with E-state index in [-0.39, 0.29) is 17.1 Å². The first-order chi connectivity index (χ1) is 11.1. The number of allylic oxidation sites excluding steroid dienone is 1. The summed E-state index contributed by atoms with van der Waals surface area (Å²) in [5.74, 6) is 1.40. The molecule has 136 valence electrons. The van der Waals surface area contributed by atoms with Crippen molar-refractivity contribution in [3.63, 3.8) is 0 Å². The highest BCUT2D eigenvalue weighted by molar-refractivity contribution is 5.92. The van der Waals surface area contributed by atoms with Gasteiger partial charge in [0, 0.05) is 24.7 Å². The highest BCUT2D eigenvalue weighted by atomic mass is 17.1. The van der Waals surface area contributed by atoms with Crippen LogP contribution in [0.5, 0.6) is 0 Å². The molecule has 0 amide bonds. The van der Waals surface area contributed by atoms with Gasteiger partial charge < -0.3 is 0 Å². The van der Waals surface area contributed by atoms with Crippen molar-refractivity contribution in [1.29, 1.82) is 0 Å². The van der Waals surface area contributed by atoms with Gasteiger partial charge in [0.25, 0.3) is 0 Å². The van der Waals surface area contributed by atoms with Crippen molar-refractivity contribution in [2.75, 3.05) is 0 Å². The molecule has 4 atom stereocenters. The van der Waals surface area contributed by atoms with Gasteiger partial charge in [0.15, 0.2) is 5.78 Å². The third-order valence-corrected chi connectivity index (χ3v) is 6.32. The van der Waals surface area contributed by atoms with Gasteiger partial charge in [-0.25, -0.2) is 4.89 Å². The van der Waals surface area contributed by atoms with Crippen LogP contribution in [0.2, 0.25) is 0 Å². The lowest BCUT2D eigenvalue weighted by Gasteiger charge is -2.54. The summed E-state index contributed by atoms with van der Waals surface area (Å²) in [5.41, 5.74) is -0.344. The molecular formula is C20H32O4. The Balaban J connectivity index is 2.16. The third kappa shape index (κ3) is 3.50. The van der Waals surface area contributed by atoms with Gasteiger partial charge in [-0.05, 0) is 55.6 Å². The number of carbonyl (C=O) groups excluding carboxylic acids is 2. The first-order valence-corrected chi connectivity index (χ1v) is 9.19. The number of hydrogen-bond donors (Lipinski definition) is 1. The summed E-state index contributed by atoms with van der Waals surface area (Å²) >= 11 is 0. The standard InChI is InChI=1S/C20H32O4/c1-13(2)8-17(21)9-14(3)16-6-7-19(5)12-18(22)10-15(4)20(19,11-16)24-23/h10,13-14,16,23H,6-9,11-12H2,1-5H3/t14-,16+,19-,20-/m0/s1. The molecule has 0 aromatic heterocycles. The number of carbonyl (C=O) groups is 2. The molecule has 2 aliphatic carbocycles. The zero-order valence-corrected chi connectivity index (χ0v) is 15.7. The van der Waals surface area contributed by atoms with Crippen LogP contribution >= 0.6 is 0 Å². The molecule has 0 heterocycles. The summed E-state index contributed by atoms with van der Waals surface area (Å²) in [6.45, 7) is 10.2. The molecule has 0 aromatic rings. The largest absolute Gasteiger partial charge is 0.300 e. The molecule has 24 heavy (non-hydrogen) atoms. The Hall–Kier alpha value is -1.00. The van der Waals surface area contributed by atoms with Gasteiger partial charge in [0.05, 0.1) is 0 Å². The lowest BCUT2D eigenvalue weighted by Crippen LogP contribution is -2.56. The fourth-order valence-electron chi connectivity index (χ4n) is 4.85. The third-order valence-electron chi connectivity index (χ3n) is 6.32. The van der Waals surface area contributed by atoms with Crippen LogP contribution in [0.1, 0.15) is 73.1 Å². The molecule has 1 N–H and O–H groups in total. The topological polar surface area (TPSA) is 63.6 Å². The van der Waals surface area contributed by atoms with Gasteiger partial charge in [0.2, 0.25) is 0 Å². The van der Waals surface area contributed by atoms with E-state index in [0.717, 1.165) is 18.4 Å². The first kappa shape index (κ1) is 19.3. The minimum Gasteiger partial charge on any atom is -0.300 e. The van der Waals surface area contributed by atoms with Crippen LogP contribution in [0.25, 0.3) is 0 Å². The fraction of sp³-hybridized carbons (Fsp3) is 0.800. The quantitative estimate of drug-likeness (QED) is 0.569. The predicted molar refractivity (Wildman–Crippen MR) is 93.5 cm³/mol. The van der Waals surface area contributed by atoms with Crippen LogP contribution in [0.3, 0.4) is 0 Å². The van der Waals surface area contributed by atoms with Gasteiger partial charge in [0.1, 0.15) is 11.4 Å². The van der Waals surface area contributed by atoms with Crippen molar-refractivity contribution in [1.82, 2.24) is 0 Å². The molecule has 2 aliphatic rings. The predicted octanol–water partition coefficient (Wildman–Crippen LogP) is 4.58. The number of hydrogen-bond acceptors (Lipinski definition) is 4. The summed E-state index contributed by atoms with van der Waals surface area (Å²) in [5, 5.41) is 9.78. The number of Topliss-reactive ketones (excluding diaryl/α,β-unsaturated/α-hetero) is 1. The van der Waals surface area contributed by atoms with Crippen molar-refractivity contribution >= 4 is 11.6 Å². The Kier molecular flexibility index (Phi) is 5.71. The SMILES string of the molecule is CC1=CC(=O)C[C@]2(C)CC[C@@H]([C@@H](C)CC(=O)CC(C)C)C[C@]12OO. The average molecular weight is 336 g/mol. The Morgan fingerprint density at radius 3 is 2.62 bits per heavy atom. The molecule has 0 radical (unpaired) electrons. The molecule has 0 unspecified atom stereocenters. The highest BCUT2D eigenvalue weighted by Gasteiger charge is 2.57. The maximum absolute atomic E-state index is 12.2. The number of ketones is 2. The second-order valence-electron chi connectivity index (χ2n) is 8.77. The van der Waals surface area contributed by atoms with Crippen LogP contribution in [-0.4, -0.2) is 22.4 Å². The van der Waals surface area contributed by atoms with E-state index in [1.807, 2.05) is 13.8 Å². The van der Waals surface area contributed by atoms with Crippen molar-refractivity contribution in [3.8, 4) is 0 Å². The Morgan fingerprint density at radius 1 is 1.38 bits per heavy atom. The fourth-order valence-corrected chi connectivity index (χ4v) is 4.85. The second kappa shape index (κ2) is 7.09. The molecule has 2 rings (SSSR count). The monoisotopic (exact) mass is 336 g/mol.